The third-order valence-corrected chi connectivity index (χ3v) is 5.35. The average molecular weight is 382 g/mol. The van der Waals surface area contributed by atoms with Gasteiger partial charge >= 0.3 is 0 Å². The lowest BCUT2D eigenvalue weighted by molar-refractivity contribution is -0.121. The maximum atomic E-state index is 12.9. The van der Waals surface area contributed by atoms with Gasteiger partial charge in [-0.15, -0.1) is 11.3 Å². The first kappa shape index (κ1) is 17.2. The molecule has 0 radical (unpaired) electrons. The van der Waals surface area contributed by atoms with Gasteiger partial charge in [0.15, 0.2) is 0 Å². The van der Waals surface area contributed by atoms with Gasteiger partial charge in [0.1, 0.15) is 18.2 Å². The number of fused-ring (bicyclic) bond motifs is 3. The van der Waals surface area contributed by atoms with Crippen LogP contribution in [0.5, 0.6) is 5.75 Å². The molecular weight excluding hydrogens is 367 g/mol. The van der Waals surface area contributed by atoms with E-state index in [2.05, 4.69) is 10.9 Å². The number of carbonyl (C=O) groups excluding carboxylic acids is 2. The van der Waals surface area contributed by atoms with E-state index in [0.29, 0.717) is 17.0 Å². The van der Waals surface area contributed by atoms with Crippen LogP contribution in [0.15, 0.2) is 54.6 Å². The van der Waals surface area contributed by atoms with Gasteiger partial charge in [-0.1, -0.05) is 24.3 Å². The molecule has 0 saturated heterocycles. The van der Waals surface area contributed by atoms with E-state index in [1.165, 1.54) is 35.6 Å². The molecule has 2 aromatic carbocycles. The highest BCUT2D eigenvalue weighted by Gasteiger charge is 2.22. The summed E-state index contributed by atoms with van der Waals surface area (Å²) in [5.41, 5.74) is 7.37. The zero-order chi connectivity index (χ0) is 18.8. The minimum absolute atomic E-state index is 0.0444. The number of halogens is 1. The molecule has 2 heterocycles. The molecule has 5 nitrogen and oxygen atoms in total. The minimum Gasteiger partial charge on any atom is -0.488 e. The van der Waals surface area contributed by atoms with E-state index in [1.807, 2.05) is 24.3 Å². The predicted molar refractivity (Wildman–Crippen MR) is 99.8 cm³/mol. The first-order chi connectivity index (χ1) is 13.1. The van der Waals surface area contributed by atoms with E-state index in [1.54, 1.807) is 6.07 Å². The Hall–Kier alpha value is -3.19. The molecule has 7 heteroatoms. The summed E-state index contributed by atoms with van der Waals surface area (Å²) >= 11 is 1.36. The Balaban J connectivity index is 1.40. The SMILES string of the molecule is O=C(Cc1ccc(F)cc1)NNC(=O)c1cc2c(s1)-c1ccccc1OC2. The number of thiophene rings is 1. The fraction of sp³-hybridized carbons (Fsp3) is 0.100. The average Bonchev–Trinajstić information content (AvgIpc) is 3.13. The molecule has 4 rings (SSSR count). The van der Waals surface area contributed by atoms with Crippen LogP contribution < -0.4 is 15.6 Å². The number of hydrogen-bond acceptors (Lipinski definition) is 4. The van der Waals surface area contributed by atoms with E-state index >= 15 is 0 Å². The molecule has 2 amide bonds. The number of ether oxygens (including phenoxy) is 1. The van der Waals surface area contributed by atoms with E-state index in [4.69, 9.17) is 4.74 Å². The minimum atomic E-state index is -0.390. The fourth-order valence-corrected chi connectivity index (χ4v) is 3.92. The highest BCUT2D eigenvalue weighted by atomic mass is 32.1. The van der Waals surface area contributed by atoms with Crippen molar-refractivity contribution in [2.24, 2.45) is 0 Å². The topological polar surface area (TPSA) is 67.4 Å². The summed E-state index contributed by atoms with van der Waals surface area (Å²) in [7, 11) is 0. The van der Waals surface area contributed by atoms with Gasteiger partial charge < -0.3 is 4.74 Å². The van der Waals surface area contributed by atoms with Crippen LogP contribution in [0.3, 0.4) is 0 Å². The summed E-state index contributed by atoms with van der Waals surface area (Å²) < 4.78 is 18.6. The van der Waals surface area contributed by atoms with E-state index in [-0.39, 0.29) is 24.1 Å². The molecule has 0 unspecified atom stereocenters. The maximum absolute atomic E-state index is 12.9. The van der Waals surface area contributed by atoms with Gasteiger partial charge in [0.05, 0.1) is 11.3 Å². The number of carbonyl (C=O) groups is 2. The summed E-state index contributed by atoms with van der Waals surface area (Å²) in [5, 5.41) is 0. The van der Waals surface area contributed by atoms with Crippen molar-refractivity contribution in [3.8, 4) is 16.2 Å². The van der Waals surface area contributed by atoms with Crippen molar-refractivity contribution in [1.29, 1.82) is 0 Å². The van der Waals surface area contributed by atoms with Gasteiger partial charge in [-0.3, -0.25) is 20.4 Å². The van der Waals surface area contributed by atoms with Gasteiger partial charge in [-0.05, 0) is 35.9 Å². The third kappa shape index (κ3) is 3.68. The number of amides is 2. The molecular formula is C20H15FN2O3S. The predicted octanol–water partition coefficient (Wildman–Crippen LogP) is 3.45. The second-order valence-electron chi connectivity index (χ2n) is 6.06. The van der Waals surface area contributed by atoms with Crippen LogP contribution >= 0.6 is 11.3 Å². The summed E-state index contributed by atoms with van der Waals surface area (Å²) in [6, 6.07) is 15.1. The molecule has 0 spiro atoms. The van der Waals surface area contributed by atoms with E-state index in [9.17, 15) is 14.0 Å². The van der Waals surface area contributed by atoms with E-state index in [0.717, 1.165) is 21.8 Å². The molecule has 1 aliphatic rings. The summed E-state index contributed by atoms with van der Waals surface area (Å²) in [6.07, 6.45) is 0.0444. The molecule has 136 valence electrons. The smallest absolute Gasteiger partial charge is 0.279 e. The standard InChI is InChI=1S/C20H15FN2O3S/c21-14-7-5-12(6-8-14)9-18(24)22-23-20(25)17-10-13-11-26-16-4-2-1-3-15(16)19(13)27-17/h1-8,10H,9,11H2,(H,22,24)(H,23,25). The molecule has 2 N–H and O–H groups in total. The Morgan fingerprint density at radius 1 is 1.07 bits per heavy atom. The molecule has 1 aliphatic heterocycles. The van der Waals surface area contributed by atoms with Crippen LogP contribution in [-0.4, -0.2) is 11.8 Å². The molecule has 27 heavy (non-hydrogen) atoms. The van der Waals surface area contributed by atoms with Crippen molar-refractivity contribution in [2.45, 2.75) is 13.0 Å². The van der Waals surface area contributed by atoms with Crippen LogP contribution in [-0.2, 0) is 17.8 Å². The first-order valence-corrected chi connectivity index (χ1v) is 9.10. The van der Waals surface area contributed by atoms with Crippen LogP contribution in [0.4, 0.5) is 4.39 Å². The Bertz CT molecular complexity index is 1010. The summed E-state index contributed by atoms with van der Waals surface area (Å²) in [4.78, 5) is 25.8. The van der Waals surface area contributed by atoms with Crippen LogP contribution in [0, 0.1) is 5.82 Å². The molecule has 0 saturated carbocycles. The normalized spacial score (nSPS) is 11.7. The van der Waals surface area contributed by atoms with Gasteiger partial charge in [0.2, 0.25) is 5.91 Å². The number of rotatable bonds is 3. The Kier molecular flexibility index (Phi) is 4.60. The number of para-hydroxylation sites is 1. The zero-order valence-electron chi connectivity index (χ0n) is 14.1. The maximum Gasteiger partial charge on any atom is 0.279 e. The van der Waals surface area contributed by atoms with Crippen molar-refractivity contribution in [2.75, 3.05) is 0 Å². The number of benzene rings is 2. The summed E-state index contributed by atoms with van der Waals surface area (Å²) in [6.45, 7) is 0.410. The van der Waals surface area contributed by atoms with Crippen molar-refractivity contribution < 1.29 is 18.7 Å². The fourth-order valence-electron chi connectivity index (χ4n) is 2.83. The lowest BCUT2D eigenvalue weighted by atomic mass is 10.1. The Morgan fingerprint density at radius 2 is 1.85 bits per heavy atom. The van der Waals surface area contributed by atoms with Gasteiger partial charge in [0, 0.05) is 16.0 Å². The van der Waals surface area contributed by atoms with E-state index < -0.39 is 0 Å². The first-order valence-electron chi connectivity index (χ1n) is 8.29. The molecule has 0 bridgehead atoms. The monoisotopic (exact) mass is 382 g/mol. The highest BCUT2D eigenvalue weighted by Crippen LogP contribution is 2.42. The number of hydrogen-bond donors (Lipinski definition) is 2. The molecule has 1 aromatic heterocycles. The third-order valence-electron chi connectivity index (χ3n) is 4.14. The van der Waals surface area contributed by atoms with Crippen molar-refractivity contribution in [3.63, 3.8) is 0 Å². The molecule has 3 aromatic rings. The zero-order valence-corrected chi connectivity index (χ0v) is 14.9. The van der Waals surface area contributed by atoms with Gasteiger partial charge in [-0.2, -0.15) is 0 Å². The number of nitrogens with one attached hydrogen (secondary N) is 2. The van der Waals surface area contributed by atoms with Crippen LogP contribution in [0.1, 0.15) is 20.8 Å². The number of hydrazine groups is 1. The summed E-state index contributed by atoms with van der Waals surface area (Å²) in [5.74, 6) is -0.338. The van der Waals surface area contributed by atoms with Crippen LogP contribution in [0.25, 0.3) is 10.4 Å². The largest absolute Gasteiger partial charge is 0.488 e. The Labute approximate surface area is 158 Å². The highest BCUT2D eigenvalue weighted by molar-refractivity contribution is 7.17. The van der Waals surface area contributed by atoms with Crippen molar-refractivity contribution in [3.05, 3.63) is 76.4 Å². The molecule has 0 fully saturated rings. The quantitative estimate of drug-likeness (QED) is 0.682. The van der Waals surface area contributed by atoms with Crippen molar-refractivity contribution >= 4 is 23.2 Å². The lowest BCUT2D eigenvalue weighted by Gasteiger charge is -2.16. The second kappa shape index (κ2) is 7.20. The van der Waals surface area contributed by atoms with Crippen LogP contribution in [0.2, 0.25) is 0 Å². The molecule has 0 atom stereocenters. The lowest BCUT2D eigenvalue weighted by Crippen LogP contribution is -2.42. The van der Waals surface area contributed by atoms with Crippen molar-refractivity contribution in [1.82, 2.24) is 10.9 Å². The second-order valence-corrected chi connectivity index (χ2v) is 7.11. The Morgan fingerprint density at radius 3 is 2.67 bits per heavy atom. The van der Waals surface area contributed by atoms with Gasteiger partial charge in [0.25, 0.3) is 5.91 Å². The van der Waals surface area contributed by atoms with Gasteiger partial charge in [-0.25, -0.2) is 4.39 Å². The molecule has 0 aliphatic carbocycles.